The summed E-state index contributed by atoms with van der Waals surface area (Å²) in [6, 6.07) is 17.8. The quantitative estimate of drug-likeness (QED) is 0.497. The van der Waals surface area contributed by atoms with Crippen LogP contribution in [0.25, 0.3) is 17.0 Å². The molecule has 4 heteroatoms. The molecule has 122 valence electrons. The van der Waals surface area contributed by atoms with Gasteiger partial charge in [0, 0.05) is 11.8 Å². The second-order valence-electron chi connectivity index (χ2n) is 5.80. The summed E-state index contributed by atoms with van der Waals surface area (Å²) < 4.78 is 1.78. The van der Waals surface area contributed by atoms with E-state index in [0.717, 1.165) is 16.4 Å². The first-order chi connectivity index (χ1) is 11.7. The predicted octanol–water partition coefficient (Wildman–Crippen LogP) is 4.78. The molecule has 3 aromatic rings. The van der Waals surface area contributed by atoms with Gasteiger partial charge in [-0.15, -0.1) is 0 Å². The lowest BCUT2D eigenvalue weighted by atomic mass is 10.2. The zero-order valence-electron chi connectivity index (χ0n) is 13.8. The molecular weight excluding hydrogens is 316 g/mol. The van der Waals surface area contributed by atoms with Crippen LogP contribution in [0.3, 0.4) is 0 Å². The zero-order valence-corrected chi connectivity index (χ0v) is 14.7. The number of thioether (sulfide) groups is 1. The van der Waals surface area contributed by atoms with Crippen LogP contribution in [-0.2, 0) is 0 Å². The van der Waals surface area contributed by atoms with Gasteiger partial charge in [-0.3, -0.25) is 9.36 Å². The molecule has 0 saturated heterocycles. The molecule has 3 nitrogen and oxygen atoms in total. The fourth-order valence-corrected chi connectivity index (χ4v) is 3.49. The maximum absolute atomic E-state index is 12.7. The van der Waals surface area contributed by atoms with E-state index in [1.807, 2.05) is 56.3 Å². The molecule has 1 aromatic heterocycles. The molecule has 0 N–H and O–H groups in total. The smallest absolute Gasteiger partial charge is 0.262 e. The summed E-state index contributed by atoms with van der Waals surface area (Å²) in [5.74, 6) is 0.770. The van der Waals surface area contributed by atoms with Gasteiger partial charge in [-0.1, -0.05) is 66.4 Å². The van der Waals surface area contributed by atoms with Crippen molar-refractivity contribution in [2.24, 2.45) is 0 Å². The van der Waals surface area contributed by atoms with Crippen molar-refractivity contribution >= 4 is 28.7 Å². The van der Waals surface area contributed by atoms with Crippen molar-refractivity contribution < 1.29 is 0 Å². The molecule has 0 aliphatic rings. The Bertz CT molecular complexity index is 914. The van der Waals surface area contributed by atoms with Gasteiger partial charge in [0.15, 0.2) is 5.16 Å². The highest BCUT2D eigenvalue weighted by Crippen LogP contribution is 2.21. The Morgan fingerprint density at radius 1 is 1.08 bits per heavy atom. The normalized spacial score (nSPS) is 11.6. The third-order valence-corrected chi connectivity index (χ3v) is 4.62. The first-order valence-corrected chi connectivity index (χ1v) is 9.01. The maximum atomic E-state index is 12.7. The molecular formula is C20H20N2OS. The van der Waals surface area contributed by atoms with Gasteiger partial charge in [0.25, 0.3) is 5.56 Å². The highest BCUT2D eigenvalue weighted by Gasteiger charge is 2.13. The fraction of sp³-hybridized carbons (Fsp3) is 0.200. The van der Waals surface area contributed by atoms with E-state index in [1.54, 1.807) is 16.3 Å². The van der Waals surface area contributed by atoms with Crippen LogP contribution in [0, 0.1) is 0 Å². The molecule has 0 radical (unpaired) electrons. The third kappa shape index (κ3) is 3.60. The van der Waals surface area contributed by atoms with E-state index in [0.29, 0.717) is 5.39 Å². The van der Waals surface area contributed by atoms with Crippen LogP contribution >= 0.6 is 11.8 Å². The lowest BCUT2D eigenvalue weighted by molar-refractivity contribution is 0.519. The van der Waals surface area contributed by atoms with Crippen molar-refractivity contribution in [2.75, 3.05) is 5.75 Å². The van der Waals surface area contributed by atoms with Gasteiger partial charge in [0.1, 0.15) is 0 Å². The Hall–Kier alpha value is -2.33. The van der Waals surface area contributed by atoms with Crippen LogP contribution in [-0.4, -0.2) is 15.3 Å². The molecule has 0 bridgehead atoms. The number of benzene rings is 2. The molecule has 1 heterocycles. The van der Waals surface area contributed by atoms with Crippen molar-refractivity contribution in [2.45, 2.75) is 25.0 Å². The Morgan fingerprint density at radius 2 is 1.79 bits per heavy atom. The van der Waals surface area contributed by atoms with Crippen molar-refractivity contribution in [3.8, 4) is 0 Å². The number of hydrogen-bond donors (Lipinski definition) is 0. The number of para-hydroxylation sites is 1. The number of aromatic nitrogens is 2. The van der Waals surface area contributed by atoms with Crippen molar-refractivity contribution in [1.82, 2.24) is 9.55 Å². The number of rotatable bonds is 5. The van der Waals surface area contributed by atoms with E-state index in [-0.39, 0.29) is 11.6 Å². The van der Waals surface area contributed by atoms with Crippen molar-refractivity contribution in [3.05, 3.63) is 76.6 Å². The Kier molecular flexibility index (Phi) is 5.16. The molecule has 0 atom stereocenters. The van der Waals surface area contributed by atoms with Gasteiger partial charge in [-0.25, -0.2) is 4.98 Å². The second-order valence-corrected chi connectivity index (χ2v) is 6.79. The summed E-state index contributed by atoms with van der Waals surface area (Å²) >= 11 is 1.59. The van der Waals surface area contributed by atoms with Crippen LogP contribution < -0.4 is 5.56 Å². The van der Waals surface area contributed by atoms with Crippen LogP contribution in [0.2, 0.25) is 0 Å². The van der Waals surface area contributed by atoms with Gasteiger partial charge in [-0.2, -0.15) is 0 Å². The molecule has 24 heavy (non-hydrogen) atoms. The van der Waals surface area contributed by atoms with Gasteiger partial charge in [0.2, 0.25) is 0 Å². The Balaban J connectivity index is 1.87. The summed E-state index contributed by atoms with van der Waals surface area (Å²) in [4.78, 5) is 17.4. The topological polar surface area (TPSA) is 34.9 Å². The Labute approximate surface area is 146 Å². The number of fused-ring (bicyclic) bond motifs is 1. The first kappa shape index (κ1) is 16.5. The minimum atomic E-state index is 0.0325. The first-order valence-electron chi connectivity index (χ1n) is 8.02. The van der Waals surface area contributed by atoms with Crippen LogP contribution in [0.5, 0.6) is 0 Å². The molecule has 2 aromatic carbocycles. The lowest BCUT2D eigenvalue weighted by Crippen LogP contribution is -2.25. The molecule has 0 unspecified atom stereocenters. The van der Waals surface area contributed by atoms with Gasteiger partial charge in [-0.05, 0) is 31.5 Å². The van der Waals surface area contributed by atoms with Gasteiger partial charge in [0.05, 0.1) is 10.9 Å². The minimum absolute atomic E-state index is 0.0325. The summed E-state index contributed by atoms with van der Waals surface area (Å²) in [7, 11) is 0. The average molecular weight is 336 g/mol. The predicted molar refractivity (Wildman–Crippen MR) is 103 cm³/mol. The van der Waals surface area contributed by atoms with Crippen LogP contribution in [0.4, 0.5) is 0 Å². The van der Waals surface area contributed by atoms with E-state index in [9.17, 15) is 4.79 Å². The zero-order chi connectivity index (χ0) is 16.9. The van der Waals surface area contributed by atoms with Gasteiger partial charge < -0.3 is 0 Å². The molecule has 0 spiro atoms. The van der Waals surface area contributed by atoms with Gasteiger partial charge >= 0.3 is 0 Å². The van der Waals surface area contributed by atoms with Crippen molar-refractivity contribution in [1.29, 1.82) is 0 Å². The molecule has 0 saturated carbocycles. The number of hydrogen-bond acceptors (Lipinski definition) is 3. The largest absolute Gasteiger partial charge is 0.285 e. The third-order valence-electron chi connectivity index (χ3n) is 3.71. The molecule has 0 aliphatic carbocycles. The standard InChI is InChI=1S/C20H20N2OS/c1-15(2)22-19(23)17-12-6-7-13-18(17)21-20(22)24-14-8-11-16-9-4-3-5-10-16/h3-13,15H,14H2,1-2H3/b11-8+. The molecule has 0 aliphatic heterocycles. The highest BCUT2D eigenvalue weighted by atomic mass is 32.2. The summed E-state index contributed by atoms with van der Waals surface area (Å²) in [5, 5.41) is 1.45. The lowest BCUT2D eigenvalue weighted by Gasteiger charge is -2.15. The number of nitrogens with zero attached hydrogens (tertiary/aromatic N) is 2. The fourth-order valence-electron chi connectivity index (χ4n) is 2.55. The second kappa shape index (κ2) is 7.49. The summed E-state index contributed by atoms with van der Waals surface area (Å²) in [5.41, 5.74) is 1.96. The molecule has 0 amide bonds. The molecule has 3 rings (SSSR count). The van der Waals surface area contributed by atoms with E-state index in [4.69, 9.17) is 4.98 Å². The monoisotopic (exact) mass is 336 g/mol. The van der Waals surface area contributed by atoms with E-state index >= 15 is 0 Å². The maximum Gasteiger partial charge on any atom is 0.262 e. The van der Waals surface area contributed by atoms with Crippen LogP contribution in [0.15, 0.2) is 70.6 Å². The highest BCUT2D eigenvalue weighted by molar-refractivity contribution is 7.99. The van der Waals surface area contributed by atoms with E-state index in [2.05, 4.69) is 24.3 Å². The molecule has 0 fully saturated rings. The SMILES string of the molecule is CC(C)n1c(SC/C=C/c2ccccc2)nc2ccccc2c1=O. The van der Waals surface area contributed by atoms with Crippen molar-refractivity contribution in [3.63, 3.8) is 0 Å². The minimum Gasteiger partial charge on any atom is -0.285 e. The Morgan fingerprint density at radius 3 is 2.54 bits per heavy atom. The average Bonchev–Trinajstić information content (AvgIpc) is 2.59. The summed E-state index contributed by atoms with van der Waals surface area (Å²) in [6.45, 7) is 4.03. The van der Waals surface area contributed by atoms with E-state index < -0.39 is 0 Å². The van der Waals surface area contributed by atoms with Crippen LogP contribution in [0.1, 0.15) is 25.5 Å². The summed E-state index contributed by atoms with van der Waals surface area (Å²) in [6.07, 6.45) is 4.19. The van der Waals surface area contributed by atoms with E-state index in [1.165, 1.54) is 5.56 Å².